The third kappa shape index (κ3) is 1.71. The summed E-state index contributed by atoms with van der Waals surface area (Å²) in [5.74, 6) is 0.570. The minimum Gasteiger partial charge on any atom is -0.341 e. The van der Waals surface area contributed by atoms with Crippen molar-refractivity contribution in [2.75, 3.05) is 12.4 Å². The largest absolute Gasteiger partial charge is 0.341 e. The number of aromatic nitrogens is 3. The third-order valence-corrected chi connectivity index (χ3v) is 2.50. The van der Waals surface area contributed by atoms with E-state index >= 15 is 0 Å². The van der Waals surface area contributed by atoms with E-state index in [-0.39, 0.29) is 0 Å². The molecule has 5 heteroatoms. The highest BCUT2D eigenvalue weighted by Crippen LogP contribution is 2.21. The number of hydrogen-bond acceptors (Lipinski definition) is 5. The van der Waals surface area contributed by atoms with E-state index in [0.717, 1.165) is 16.5 Å². The quantitative estimate of drug-likeness (QED) is 0.726. The topological polar surface area (TPSA) is 63.8 Å². The summed E-state index contributed by atoms with van der Waals surface area (Å²) in [5.41, 5.74) is 1.87. The molecule has 0 bridgehead atoms. The maximum Gasteiger partial charge on any atom is 0.321 e. The zero-order valence-electron chi connectivity index (χ0n) is 9.21. The summed E-state index contributed by atoms with van der Waals surface area (Å²) in [6.45, 7) is 0. The summed E-state index contributed by atoms with van der Waals surface area (Å²) in [5, 5.41) is 7.75. The molecule has 17 heavy (non-hydrogen) atoms. The average molecular weight is 226 g/mol. The van der Waals surface area contributed by atoms with Crippen LogP contribution in [-0.2, 0) is 0 Å². The van der Waals surface area contributed by atoms with Crippen molar-refractivity contribution in [1.29, 1.82) is 0 Å². The SMILES string of the molecule is CNc1nc(-c2ccc3ncccc3c2)no1. The number of nitrogens with zero attached hydrogens (tertiary/aromatic N) is 3. The van der Waals surface area contributed by atoms with E-state index in [1.54, 1.807) is 13.2 Å². The monoisotopic (exact) mass is 226 g/mol. The zero-order chi connectivity index (χ0) is 11.7. The standard InChI is InChI=1S/C12H10N4O/c1-13-12-15-11(16-17-12)9-4-5-10-8(7-9)3-2-6-14-10/h2-7H,1H3,(H,13,15,16). The average Bonchev–Trinajstić information content (AvgIpc) is 2.87. The molecule has 0 radical (unpaired) electrons. The molecule has 0 aliphatic rings. The van der Waals surface area contributed by atoms with Gasteiger partial charge in [0.05, 0.1) is 5.52 Å². The van der Waals surface area contributed by atoms with Gasteiger partial charge in [-0.15, -0.1) is 0 Å². The molecule has 5 nitrogen and oxygen atoms in total. The first-order valence-electron chi connectivity index (χ1n) is 5.23. The van der Waals surface area contributed by atoms with E-state index in [2.05, 4.69) is 20.4 Å². The lowest BCUT2D eigenvalue weighted by Crippen LogP contribution is -1.87. The summed E-state index contributed by atoms with van der Waals surface area (Å²) in [7, 11) is 1.74. The fourth-order valence-electron chi connectivity index (χ4n) is 1.66. The Morgan fingerprint density at radius 3 is 3.00 bits per heavy atom. The Kier molecular flexibility index (Phi) is 2.22. The van der Waals surface area contributed by atoms with Crippen LogP contribution in [0.1, 0.15) is 0 Å². The molecule has 1 N–H and O–H groups in total. The minimum absolute atomic E-state index is 0.409. The molecule has 0 unspecified atom stereocenters. The van der Waals surface area contributed by atoms with Gasteiger partial charge in [0.25, 0.3) is 0 Å². The number of anilines is 1. The van der Waals surface area contributed by atoms with Gasteiger partial charge in [-0.05, 0) is 24.3 Å². The van der Waals surface area contributed by atoms with Gasteiger partial charge in [-0.2, -0.15) is 4.98 Å². The second kappa shape index (κ2) is 3.86. The Labute approximate surface area is 97.5 Å². The zero-order valence-corrected chi connectivity index (χ0v) is 9.21. The van der Waals surface area contributed by atoms with E-state index in [9.17, 15) is 0 Å². The highest BCUT2D eigenvalue weighted by Gasteiger charge is 2.07. The number of hydrogen-bond donors (Lipinski definition) is 1. The van der Waals surface area contributed by atoms with Crippen molar-refractivity contribution in [3.8, 4) is 11.4 Å². The molecule has 2 aromatic heterocycles. The van der Waals surface area contributed by atoms with Gasteiger partial charge in [-0.1, -0.05) is 11.2 Å². The van der Waals surface area contributed by atoms with Crippen molar-refractivity contribution < 1.29 is 4.52 Å². The molecule has 0 atom stereocenters. The summed E-state index contributed by atoms with van der Waals surface area (Å²) < 4.78 is 4.99. The summed E-state index contributed by atoms with van der Waals surface area (Å²) >= 11 is 0. The second-order valence-electron chi connectivity index (χ2n) is 3.58. The van der Waals surface area contributed by atoms with Gasteiger partial charge in [0.15, 0.2) is 0 Å². The lowest BCUT2D eigenvalue weighted by molar-refractivity contribution is 0.434. The van der Waals surface area contributed by atoms with Crippen LogP contribution < -0.4 is 5.32 Å². The Balaban J connectivity index is 2.11. The fraction of sp³-hybridized carbons (Fsp3) is 0.0833. The van der Waals surface area contributed by atoms with Crippen molar-refractivity contribution in [3.05, 3.63) is 36.5 Å². The second-order valence-corrected chi connectivity index (χ2v) is 3.58. The van der Waals surface area contributed by atoms with Crippen LogP contribution in [0.3, 0.4) is 0 Å². The van der Waals surface area contributed by atoms with Gasteiger partial charge < -0.3 is 9.84 Å². The maximum atomic E-state index is 4.99. The maximum absolute atomic E-state index is 4.99. The first-order valence-corrected chi connectivity index (χ1v) is 5.23. The Morgan fingerprint density at radius 1 is 1.24 bits per heavy atom. The Bertz CT molecular complexity index is 662. The summed E-state index contributed by atoms with van der Waals surface area (Å²) in [6.07, 6.45) is 1.77. The highest BCUT2D eigenvalue weighted by molar-refractivity contribution is 5.83. The Morgan fingerprint density at radius 2 is 2.18 bits per heavy atom. The molecule has 0 spiro atoms. The molecule has 0 saturated heterocycles. The van der Waals surface area contributed by atoms with E-state index in [0.29, 0.717) is 11.8 Å². The molecule has 0 amide bonds. The van der Waals surface area contributed by atoms with E-state index in [1.807, 2.05) is 30.3 Å². The van der Waals surface area contributed by atoms with Crippen LogP contribution in [0.4, 0.5) is 6.01 Å². The molecule has 3 aromatic rings. The molecule has 1 aromatic carbocycles. The molecular weight excluding hydrogens is 216 g/mol. The van der Waals surface area contributed by atoms with Crippen molar-refractivity contribution in [3.63, 3.8) is 0 Å². The first-order chi connectivity index (χ1) is 8.36. The van der Waals surface area contributed by atoms with Crippen molar-refractivity contribution in [1.82, 2.24) is 15.1 Å². The van der Waals surface area contributed by atoms with Crippen LogP contribution in [0.2, 0.25) is 0 Å². The molecule has 0 aliphatic carbocycles. The third-order valence-electron chi connectivity index (χ3n) is 2.50. The number of fused-ring (bicyclic) bond motifs is 1. The van der Waals surface area contributed by atoms with E-state index in [1.165, 1.54) is 0 Å². The molecule has 84 valence electrons. The van der Waals surface area contributed by atoms with Crippen molar-refractivity contribution in [2.24, 2.45) is 0 Å². The molecular formula is C12H10N4O. The first kappa shape index (κ1) is 9.77. The van der Waals surface area contributed by atoms with Crippen molar-refractivity contribution >= 4 is 16.9 Å². The number of nitrogens with one attached hydrogen (secondary N) is 1. The number of pyridine rings is 1. The normalized spacial score (nSPS) is 10.6. The van der Waals surface area contributed by atoms with Gasteiger partial charge in [0, 0.05) is 24.2 Å². The molecule has 2 heterocycles. The highest BCUT2D eigenvalue weighted by atomic mass is 16.5. The Hall–Kier alpha value is -2.43. The van der Waals surface area contributed by atoms with Gasteiger partial charge in [0.1, 0.15) is 0 Å². The van der Waals surface area contributed by atoms with E-state index in [4.69, 9.17) is 4.52 Å². The summed E-state index contributed by atoms with van der Waals surface area (Å²) in [6, 6.07) is 10.2. The van der Waals surface area contributed by atoms with Crippen LogP contribution in [-0.4, -0.2) is 22.2 Å². The van der Waals surface area contributed by atoms with Crippen LogP contribution in [0.15, 0.2) is 41.1 Å². The predicted molar refractivity (Wildman–Crippen MR) is 64.6 cm³/mol. The van der Waals surface area contributed by atoms with Crippen LogP contribution in [0, 0.1) is 0 Å². The summed E-state index contributed by atoms with van der Waals surface area (Å²) in [4.78, 5) is 8.46. The van der Waals surface area contributed by atoms with Crippen molar-refractivity contribution in [2.45, 2.75) is 0 Å². The molecule has 3 rings (SSSR count). The molecule has 0 saturated carbocycles. The van der Waals surface area contributed by atoms with Gasteiger partial charge >= 0.3 is 6.01 Å². The minimum atomic E-state index is 0.409. The number of benzene rings is 1. The van der Waals surface area contributed by atoms with Crippen LogP contribution >= 0.6 is 0 Å². The smallest absolute Gasteiger partial charge is 0.321 e. The molecule has 0 aliphatic heterocycles. The molecule has 0 fully saturated rings. The lowest BCUT2D eigenvalue weighted by Gasteiger charge is -1.98. The fourth-order valence-corrected chi connectivity index (χ4v) is 1.66. The van der Waals surface area contributed by atoms with Gasteiger partial charge in [-0.25, -0.2) is 0 Å². The van der Waals surface area contributed by atoms with Crippen LogP contribution in [0.25, 0.3) is 22.3 Å². The number of rotatable bonds is 2. The lowest BCUT2D eigenvalue weighted by atomic mass is 10.1. The predicted octanol–water partition coefficient (Wildman–Crippen LogP) is 2.33. The van der Waals surface area contributed by atoms with Crippen LogP contribution in [0.5, 0.6) is 0 Å². The van der Waals surface area contributed by atoms with Gasteiger partial charge in [-0.3, -0.25) is 4.98 Å². The van der Waals surface area contributed by atoms with Gasteiger partial charge in [0.2, 0.25) is 5.82 Å². The van der Waals surface area contributed by atoms with E-state index < -0.39 is 0 Å².